The van der Waals surface area contributed by atoms with Gasteiger partial charge in [-0.25, -0.2) is 0 Å². The highest BCUT2D eigenvalue weighted by molar-refractivity contribution is 5.85. The summed E-state index contributed by atoms with van der Waals surface area (Å²) in [5, 5.41) is 5.87. The molecule has 0 amide bonds. The van der Waals surface area contributed by atoms with Crippen molar-refractivity contribution in [1.82, 2.24) is 10.3 Å². The molecule has 1 aromatic heterocycles. The number of hydrogen-bond donors (Lipinski definition) is 1. The first-order valence-electron chi connectivity index (χ1n) is 7.27. The molecule has 0 aliphatic carbocycles. The fourth-order valence-electron chi connectivity index (χ4n) is 3.17. The number of nitrogens with zero attached hydrogens (tertiary/aromatic N) is 1. The molecule has 0 radical (unpaired) electrons. The molecule has 0 spiro atoms. The third kappa shape index (κ3) is 2.43. The van der Waals surface area contributed by atoms with Crippen molar-refractivity contribution in [2.75, 3.05) is 14.2 Å². The quantitative estimate of drug-likeness (QED) is 0.870. The minimum atomic E-state index is -0.188. The Kier molecular flexibility index (Phi) is 4.73. The number of ether oxygens (including phenoxy) is 1. The van der Waals surface area contributed by atoms with Gasteiger partial charge in [-0.15, -0.1) is 0 Å². The number of fused-ring (bicyclic) bond motifs is 1. The summed E-state index contributed by atoms with van der Waals surface area (Å²) in [7, 11) is 3.81. The van der Waals surface area contributed by atoms with Gasteiger partial charge in [-0.1, -0.05) is 32.0 Å². The Bertz CT molecular complexity index is 550. The highest BCUT2D eigenvalue weighted by atomic mass is 16.5. The topological polar surface area (TPSA) is 34.1 Å². The number of likely N-dealkylation sites (N-methyl/N-ethyl adjacent to an activating group) is 1. The molecule has 1 unspecified atom stereocenters. The van der Waals surface area contributed by atoms with Gasteiger partial charge in [0.2, 0.25) is 0 Å². The van der Waals surface area contributed by atoms with E-state index in [2.05, 4.69) is 48.4 Å². The molecule has 2 aromatic rings. The summed E-state index contributed by atoms with van der Waals surface area (Å²) in [4.78, 5) is 4.21. The zero-order valence-electron chi connectivity index (χ0n) is 12.8. The third-order valence-electron chi connectivity index (χ3n) is 4.44. The van der Waals surface area contributed by atoms with Crippen LogP contribution in [0.4, 0.5) is 0 Å². The maximum atomic E-state index is 5.91. The highest BCUT2D eigenvalue weighted by Crippen LogP contribution is 2.37. The van der Waals surface area contributed by atoms with Crippen molar-refractivity contribution in [3.63, 3.8) is 0 Å². The SMILES string of the molecule is CCC(CC)(OC)C(NC)c1cccc2cnccc12. The normalized spacial score (nSPS) is 13.6. The van der Waals surface area contributed by atoms with Gasteiger partial charge in [0.05, 0.1) is 11.6 Å². The molecule has 0 fully saturated rings. The minimum absolute atomic E-state index is 0.161. The van der Waals surface area contributed by atoms with E-state index in [0.29, 0.717) is 0 Å². The summed E-state index contributed by atoms with van der Waals surface area (Å²) in [6, 6.07) is 8.62. The standard InChI is InChI=1S/C17H24N2O/c1-5-17(6-2,20-4)16(18-3)15-9-7-8-13-12-19-11-10-14(13)15/h7-12,16,18H,5-6H2,1-4H3. The average Bonchev–Trinajstić information content (AvgIpc) is 2.52. The summed E-state index contributed by atoms with van der Waals surface area (Å²) in [6.45, 7) is 4.37. The molecule has 1 atom stereocenters. The Morgan fingerprint density at radius 2 is 2.00 bits per heavy atom. The Morgan fingerprint density at radius 3 is 2.60 bits per heavy atom. The second-order valence-corrected chi connectivity index (χ2v) is 5.14. The summed E-state index contributed by atoms with van der Waals surface area (Å²) >= 11 is 0. The fraction of sp³-hybridized carbons (Fsp3) is 0.471. The molecule has 0 aliphatic heterocycles. The molecule has 3 heteroatoms. The van der Waals surface area contributed by atoms with E-state index in [-0.39, 0.29) is 11.6 Å². The van der Waals surface area contributed by atoms with Gasteiger partial charge < -0.3 is 10.1 Å². The molecule has 1 heterocycles. The van der Waals surface area contributed by atoms with Crippen molar-refractivity contribution in [2.24, 2.45) is 0 Å². The zero-order valence-corrected chi connectivity index (χ0v) is 12.8. The summed E-state index contributed by atoms with van der Waals surface area (Å²) in [5.41, 5.74) is 1.09. The average molecular weight is 272 g/mol. The van der Waals surface area contributed by atoms with Crippen LogP contribution in [0.3, 0.4) is 0 Å². The molecule has 2 rings (SSSR count). The molecule has 3 nitrogen and oxygen atoms in total. The second-order valence-electron chi connectivity index (χ2n) is 5.14. The van der Waals surface area contributed by atoms with Crippen molar-refractivity contribution in [1.29, 1.82) is 0 Å². The number of methoxy groups -OCH3 is 1. The van der Waals surface area contributed by atoms with Crippen LogP contribution in [-0.4, -0.2) is 24.7 Å². The number of rotatable bonds is 6. The highest BCUT2D eigenvalue weighted by Gasteiger charge is 2.36. The van der Waals surface area contributed by atoms with E-state index in [9.17, 15) is 0 Å². The third-order valence-corrected chi connectivity index (χ3v) is 4.44. The van der Waals surface area contributed by atoms with Crippen molar-refractivity contribution in [2.45, 2.75) is 38.3 Å². The fourth-order valence-corrected chi connectivity index (χ4v) is 3.17. The summed E-state index contributed by atoms with van der Waals surface area (Å²) in [6.07, 6.45) is 5.70. The van der Waals surface area contributed by atoms with Crippen molar-refractivity contribution in [3.8, 4) is 0 Å². The molecular formula is C17H24N2O. The van der Waals surface area contributed by atoms with Crippen LogP contribution in [0.2, 0.25) is 0 Å². The smallest absolute Gasteiger partial charge is 0.0867 e. The largest absolute Gasteiger partial charge is 0.376 e. The Labute approximate surface area is 121 Å². The predicted molar refractivity (Wildman–Crippen MR) is 83.9 cm³/mol. The Balaban J connectivity index is 2.60. The minimum Gasteiger partial charge on any atom is -0.376 e. The van der Waals surface area contributed by atoms with Gasteiger partial charge in [0.15, 0.2) is 0 Å². The van der Waals surface area contributed by atoms with Gasteiger partial charge in [-0.3, -0.25) is 4.98 Å². The number of pyridine rings is 1. The molecule has 1 aromatic carbocycles. The van der Waals surface area contributed by atoms with Crippen molar-refractivity contribution in [3.05, 3.63) is 42.2 Å². The van der Waals surface area contributed by atoms with E-state index in [4.69, 9.17) is 4.74 Å². The van der Waals surface area contributed by atoms with Crippen LogP contribution < -0.4 is 5.32 Å². The Hall–Kier alpha value is -1.45. The number of aromatic nitrogens is 1. The summed E-state index contributed by atoms with van der Waals surface area (Å²) < 4.78 is 5.91. The van der Waals surface area contributed by atoms with E-state index in [1.807, 2.05) is 26.6 Å². The lowest BCUT2D eigenvalue weighted by Gasteiger charge is -2.39. The van der Waals surface area contributed by atoms with E-state index in [0.717, 1.165) is 12.8 Å². The lowest BCUT2D eigenvalue weighted by molar-refractivity contribution is -0.0464. The molecular weight excluding hydrogens is 248 g/mol. The molecule has 1 N–H and O–H groups in total. The molecule has 0 bridgehead atoms. The van der Waals surface area contributed by atoms with Gasteiger partial charge >= 0.3 is 0 Å². The lowest BCUT2D eigenvalue weighted by Crippen LogP contribution is -2.43. The maximum absolute atomic E-state index is 5.91. The van der Waals surface area contributed by atoms with Gasteiger partial charge in [0.1, 0.15) is 0 Å². The molecule has 108 valence electrons. The van der Waals surface area contributed by atoms with E-state index in [1.54, 1.807) is 0 Å². The first-order chi connectivity index (χ1) is 9.72. The summed E-state index contributed by atoms with van der Waals surface area (Å²) in [5.74, 6) is 0. The van der Waals surface area contributed by atoms with Gasteiger partial charge in [-0.2, -0.15) is 0 Å². The first-order valence-corrected chi connectivity index (χ1v) is 7.27. The van der Waals surface area contributed by atoms with Crippen LogP contribution in [0.15, 0.2) is 36.7 Å². The van der Waals surface area contributed by atoms with Crippen LogP contribution in [0.25, 0.3) is 10.8 Å². The maximum Gasteiger partial charge on any atom is 0.0867 e. The number of benzene rings is 1. The van der Waals surface area contributed by atoms with Gasteiger partial charge in [0, 0.05) is 24.9 Å². The molecule has 0 saturated carbocycles. The van der Waals surface area contributed by atoms with Crippen LogP contribution in [0, 0.1) is 0 Å². The van der Waals surface area contributed by atoms with Crippen molar-refractivity contribution >= 4 is 10.8 Å². The monoisotopic (exact) mass is 272 g/mol. The van der Waals surface area contributed by atoms with Crippen LogP contribution in [-0.2, 0) is 4.74 Å². The number of hydrogen-bond acceptors (Lipinski definition) is 3. The van der Waals surface area contributed by atoms with Crippen LogP contribution in [0.1, 0.15) is 38.3 Å². The Morgan fingerprint density at radius 1 is 1.25 bits per heavy atom. The van der Waals surface area contributed by atoms with Crippen LogP contribution >= 0.6 is 0 Å². The van der Waals surface area contributed by atoms with E-state index in [1.165, 1.54) is 16.3 Å². The van der Waals surface area contributed by atoms with Gasteiger partial charge in [-0.05, 0) is 36.9 Å². The number of nitrogens with one attached hydrogen (secondary N) is 1. The van der Waals surface area contributed by atoms with E-state index >= 15 is 0 Å². The predicted octanol–water partition coefficient (Wildman–Crippen LogP) is 3.70. The molecule has 20 heavy (non-hydrogen) atoms. The van der Waals surface area contributed by atoms with Gasteiger partial charge in [0.25, 0.3) is 0 Å². The second kappa shape index (κ2) is 6.33. The van der Waals surface area contributed by atoms with Crippen molar-refractivity contribution < 1.29 is 4.74 Å². The van der Waals surface area contributed by atoms with E-state index < -0.39 is 0 Å². The lowest BCUT2D eigenvalue weighted by atomic mass is 9.82. The van der Waals surface area contributed by atoms with Crippen LogP contribution in [0.5, 0.6) is 0 Å². The zero-order chi connectivity index (χ0) is 14.6. The molecule has 0 aliphatic rings. The first kappa shape index (κ1) is 14.9. The molecule has 0 saturated heterocycles.